The summed E-state index contributed by atoms with van der Waals surface area (Å²) in [4.78, 5) is 10.0. The fourth-order valence-corrected chi connectivity index (χ4v) is 1.45. The summed E-state index contributed by atoms with van der Waals surface area (Å²) in [5, 5.41) is 2.69. The molecule has 15 heavy (non-hydrogen) atoms. The van der Waals surface area contributed by atoms with E-state index < -0.39 is 5.82 Å². The molecule has 2 heterocycles. The maximum Gasteiger partial charge on any atom is 0.227 e. The molecule has 1 aliphatic rings. The molecular weight excluding hydrogens is 199 g/mol. The Morgan fingerprint density at radius 2 is 2.20 bits per heavy atom. The Labute approximate surface area is 87.3 Å². The number of rotatable bonds is 2. The van der Waals surface area contributed by atoms with Gasteiger partial charge in [0, 0.05) is 20.1 Å². The van der Waals surface area contributed by atoms with Crippen molar-refractivity contribution in [2.24, 2.45) is 0 Å². The standard InChI is InChI=1S/C9H13FN4O/c1-11-8-7(10)6-12-9(13-8)14-2-4-15-5-3-14/h6H,2-5H2,1H3,(H,11,12,13). The zero-order chi connectivity index (χ0) is 10.7. The van der Waals surface area contributed by atoms with Gasteiger partial charge in [-0.3, -0.25) is 0 Å². The molecule has 1 fully saturated rings. The molecule has 1 saturated heterocycles. The zero-order valence-corrected chi connectivity index (χ0v) is 8.53. The van der Waals surface area contributed by atoms with Crippen LogP contribution in [0.15, 0.2) is 6.20 Å². The van der Waals surface area contributed by atoms with Crippen molar-refractivity contribution < 1.29 is 9.13 Å². The summed E-state index contributed by atoms with van der Waals surface area (Å²) in [6.45, 7) is 2.81. The van der Waals surface area contributed by atoms with Gasteiger partial charge in [0.15, 0.2) is 11.6 Å². The van der Waals surface area contributed by atoms with Crippen LogP contribution in [0.3, 0.4) is 0 Å². The highest BCUT2D eigenvalue weighted by molar-refractivity contribution is 5.42. The topological polar surface area (TPSA) is 50.3 Å². The summed E-state index contributed by atoms with van der Waals surface area (Å²) < 4.78 is 18.3. The van der Waals surface area contributed by atoms with Crippen molar-refractivity contribution in [3.63, 3.8) is 0 Å². The molecule has 0 atom stereocenters. The molecule has 2 rings (SSSR count). The molecule has 0 spiro atoms. The lowest BCUT2D eigenvalue weighted by Crippen LogP contribution is -2.37. The molecule has 0 aromatic carbocycles. The summed E-state index contributed by atoms with van der Waals surface area (Å²) >= 11 is 0. The highest BCUT2D eigenvalue weighted by atomic mass is 19.1. The molecule has 0 saturated carbocycles. The monoisotopic (exact) mass is 212 g/mol. The van der Waals surface area contributed by atoms with E-state index in [1.807, 2.05) is 4.90 Å². The summed E-state index contributed by atoms with van der Waals surface area (Å²) in [6, 6.07) is 0. The predicted octanol–water partition coefficient (Wildman–Crippen LogP) is 0.494. The largest absolute Gasteiger partial charge is 0.378 e. The maximum atomic E-state index is 13.1. The Bertz CT molecular complexity index is 341. The third kappa shape index (κ3) is 2.15. The molecule has 82 valence electrons. The minimum Gasteiger partial charge on any atom is -0.378 e. The lowest BCUT2D eigenvalue weighted by molar-refractivity contribution is 0.122. The van der Waals surface area contributed by atoms with Crippen molar-refractivity contribution in [3.05, 3.63) is 12.0 Å². The third-order valence-electron chi connectivity index (χ3n) is 2.26. The number of nitrogens with one attached hydrogen (secondary N) is 1. The second-order valence-electron chi connectivity index (χ2n) is 3.22. The summed E-state index contributed by atoms with van der Waals surface area (Å²) in [6.07, 6.45) is 1.18. The van der Waals surface area contributed by atoms with Crippen molar-refractivity contribution in [2.45, 2.75) is 0 Å². The first-order chi connectivity index (χ1) is 7.31. The van der Waals surface area contributed by atoms with Crippen LogP contribution in [0.4, 0.5) is 16.2 Å². The smallest absolute Gasteiger partial charge is 0.227 e. The molecular formula is C9H13FN4O. The average Bonchev–Trinajstić information content (AvgIpc) is 2.31. The van der Waals surface area contributed by atoms with E-state index in [2.05, 4.69) is 15.3 Å². The van der Waals surface area contributed by atoms with Crippen LogP contribution in [0.25, 0.3) is 0 Å². The van der Waals surface area contributed by atoms with Gasteiger partial charge in [-0.1, -0.05) is 0 Å². The Kier molecular flexibility index (Phi) is 2.96. The fourth-order valence-electron chi connectivity index (χ4n) is 1.45. The second-order valence-corrected chi connectivity index (χ2v) is 3.22. The molecule has 1 aromatic heterocycles. The first-order valence-corrected chi connectivity index (χ1v) is 4.84. The molecule has 0 unspecified atom stereocenters. The van der Waals surface area contributed by atoms with Gasteiger partial charge in [0.25, 0.3) is 0 Å². The first-order valence-electron chi connectivity index (χ1n) is 4.84. The molecule has 6 heteroatoms. The molecule has 1 aromatic rings. The van der Waals surface area contributed by atoms with E-state index in [0.717, 1.165) is 13.1 Å². The van der Waals surface area contributed by atoms with Gasteiger partial charge in [0.2, 0.25) is 5.95 Å². The molecule has 1 N–H and O–H groups in total. The van der Waals surface area contributed by atoms with Crippen LogP contribution in [0.2, 0.25) is 0 Å². The van der Waals surface area contributed by atoms with Gasteiger partial charge < -0.3 is 15.0 Å². The van der Waals surface area contributed by atoms with Crippen LogP contribution < -0.4 is 10.2 Å². The minimum atomic E-state index is -0.436. The SMILES string of the molecule is CNc1nc(N2CCOCC2)ncc1F. The maximum absolute atomic E-state index is 13.1. The summed E-state index contributed by atoms with van der Waals surface area (Å²) in [5.74, 6) is 0.338. The van der Waals surface area contributed by atoms with E-state index in [1.54, 1.807) is 7.05 Å². The van der Waals surface area contributed by atoms with Gasteiger partial charge in [-0.15, -0.1) is 0 Å². The normalized spacial score (nSPS) is 16.5. The van der Waals surface area contributed by atoms with Crippen LogP contribution >= 0.6 is 0 Å². The molecule has 1 aliphatic heterocycles. The minimum absolute atomic E-state index is 0.228. The molecule has 0 bridgehead atoms. The molecule has 0 aliphatic carbocycles. The number of ether oxygens (including phenoxy) is 1. The Balaban J connectivity index is 2.20. The lowest BCUT2D eigenvalue weighted by atomic mass is 10.4. The van der Waals surface area contributed by atoms with Crippen LogP contribution in [0.1, 0.15) is 0 Å². The van der Waals surface area contributed by atoms with Crippen molar-refractivity contribution in [1.82, 2.24) is 9.97 Å². The van der Waals surface area contributed by atoms with E-state index in [0.29, 0.717) is 19.2 Å². The number of aromatic nitrogens is 2. The number of morpholine rings is 1. The number of hydrogen-bond acceptors (Lipinski definition) is 5. The van der Waals surface area contributed by atoms with Gasteiger partial charge >= 0.3 is 0 Å². The number of nitrogens with zero attached hydrogens (tertiary/aromatic N) is 3. The summed E-state index contributed by atoms with van der Waals surface area (Å²) in [5.41, 5.74) is 0. The zero-order valence-electron chi connectivity index (χ0n) is 8.53. The Morgan fingerprint density at radius 1 is 1.47 bits per heavy atom. The van der Waals surface area contributed by atoms with Gasteiger partial charge in [-0.25, -0.2) is 9.37 Å². The lowest BCUT2D eigenvalue weighted by Gasteiger charge is -2.26. The first kappa shape index (κ1) is 10.1. The highest BCUT2D eigenvalue weighted by Gasteiger charge is 2.15. The Morgan fingerprint density at radius 3 is 2.87 bits per heavy atom. The average molecular weight is 212 g/mol. The van der Waals surface area contributed by atoms with Crippen molar-refractivity contribution in [2.75, 3.05) is 43.6 Å². The Hall–Kier alpha value is -1.43. The second kappa shape index (κ2) is 4.39. The molecule has 0 radical (unpaired) electrons. The highest BCUT2D eigenvalue weighted by Crippen LogP contribution is 2.15. The van der Waals surface area contributed by atoms with Crippen molar-refractivity contribution in [3.8, 4) is 0 Å². The van der Waals surface area contributed by atoms with E-state index in [1.165, 1.54) is 6.20 Å². The fraction of sp³-hybridized carbons (Fsp3) is 0.556. The van der Waals surface area contributed by atoms with Crippen LogP contribution in [-0.2, 0) is 4.74 Å². The van der Waals surface area contributed by atoms with Crippen molar-refractivity contribution >= 4 is 11.8 Å². The van der Waals surface area contributed by atoms with Crippen LogP contribution in [0, 0.1) is 5.82 Å². The van der Waals surface area contributed by atoms with Gasteiger partial charge in [0.05, 0.1) is 19.4 Å². The van der Waals surface area contributed by atoms with Gasteiger partial charge in [-0.05, 0) is 0 Å². The number of hydrogen-bond donors (Lipinski definition) is 1. The van der Waals surface area contributed by atoms with E-state index in [-0.39, 0.29) is 5.82 Å². The molecule has 0 amide bonds. The third-order valence-corrected chi connectivity index (χ3v) is 2.26. The number of anilines is 2. The summed E-state index contributed by atoms with van der Waals surface area (Å²) in [7, 11) is 1.63. The van der Waals surface area contributed by atoms with Crippen LogP contribution in [-0.4, -0.2) is 43.3 Å². The molecule has 5 nitrogen and oxygen atoms in total. The van der Waals surface area contributed by atoms with E-state index >= 15 is 0 Å². The van der Waals surface area contributed by atoms with Crippen LogP contribution in [0.5, 0.6) is 0 Å². The van der Waals surface area contributed by atoms with Crippen molar-refractivity contribution in [1.29, 1.82) is 0 Å². The number of halogens is 1. The van der Waals surface area contributed by atoms with E-state index in [4.69, 9.17) is 4.74 Å². The van der Waals surface area contributed by atoms with Gasteiger partial charge in [0.1, 0.15) is 0 Å². The quantitative estimate of drug-likeness (QED) is 0.773. The van der Waals surface area contributed by atoms with Gasteiger partial charge in [-0.2, -0.15) is 4.98 Å². The predicted molar refractivity (Wildman–Crippen MR) is 54.6 cm³/mol. The van der Waals surface area contributed by atoms with E-state index in [9.17, 15) is 4.39 Å².